The van der Waals surface area contributed by atoms with Crippen molar-refractivity contribution in [2.75, 3.05) is 23.8 Å². The number of fused-ring (bicyclic) bond motifs is 2. The predicted molar refractivity (Wildman–Crippen MR) is 175 cm³/mol. The predicted octanol–water partition coefficient (Wildman–Crippen LogP) is 5.30. The molecule has 1 saturated heterocycles. The zero-order chi connectivity index (χ0) is 38.0. The molecule has 2 aromatic heterocycles. The molecule has 1 fully saturated rings. The van der Waals surface area contributed by atoms with Gasteiger partial charge in [-0.3, -0.25) is 29.4 Å². The van der Waals surface area contributed by atoms with Crippen LogP contribution in [-0.4, -0.2) is 69.9 Å². The van der Waals surface area contributed by atoms with E-state index in [-0.39, 0.29) is 58.9 Å². The highest BCUT2D eigenvalue weighted by atomic mass is 19.4. The zero-order valence-corrected chi connectivity index (χ0v) is 27.7. The fourth-order valence-corrected chi connectivity index (χ4v) is 6.01. The molecule has 6 amide bonds. The average molecular weight is 744 g/mol. The van der Waals surface area contributed by atoms with Gasteiger partial charge in [-0.05, 0) is 50.8 Å². The Bertz CT molecular complexity index is 2110. The van der Waals surface area contributed by atoms with Crippen LogP contribution in [0.5, 0.6) is 5.75 Å². The summed E-state index contributed by atoms with van der Waals surface area (Å²) in [4.78, 5) is 71.4. The van der Waals surface area contributed by atoms with Crippen LogP contribution in [0.15, 0.2) is 47.1 Å². The number of piperidine rings is 1. The van der Waals surface area contributed by atoms with Gasteiger partial charge in [-0.2, -0.15) is 13.2 Å². The van der Waals surface area contributed by atoms with Crippen LogP contribution in [0.1, 0.15) is 70.2 Å². The summed E-state index contributed by atoms with van der Waals surface area (Å²) in [6.07, 6.45) is -0.790. The highest BCUT2D eigenvalue weighted by molar-refractivity contribution is 6.24. The van der Waals surface area contributed by atoms with Crippen LogP contribution in [0.2, 0.25) is 0 Å². The Kier molecular flexibility index (Phi) is 10.3. The van der Waals surface area contributed by atoms with E-state index in [0.717, 1.165) is 11.0 Å². The molecule has 14 nitrogen and oxygen atoms in total. The number of urea groups is 1. The van der Waals surface area contributed by atoms with Gasteiger partial charge in [-0.15, -0.1) is 0 Å². The number of alkyl halides is 3. The van der Waals surface area contributed by atoms with Crippen LogP contribution >= 0.6 is 0 Å². The van der Waals surface area contributed by atoms with Crippen molar-refractivity contribution in [3.63, 3.8) is 0 Å². The second-order valence-corrected chi connectivity index (χ2v) is 12.2. The lowest BCUT2D eigenvalue weighted by atomic mass is 10.0. The highest BCUT2D eigenvalue weighted by Gasteiger charge is 2.47. The Balaban J connectivity index is 0.948. The first-order valence-electron chi connectivity index (χ1n) is 16.3. The molecular weight excluding hydrogens is 713 g/mol. The molecule has 4 heterocycles. The Morgan fingerprint density at radius 2 is 1.83 bits per heavy atom. The number of nitrogens with one attached hydrogen (secondary N) is 4. The maximum atomic E-state index is 14.1. The van der Waals surface area contributed by atoms with Crippen molar-refractivity contribution in [3.05, 3.63) is 76.8 Å². The lowest BCUT2D eigenvalue weighted by Gasteiger charge is -2.27. The largest absolute Gasteiger partial charge is 0.493 e. The van der Waals surface area contributed by atoms with Gasteiger partial charge in [-0.1, -0.05) is 6.07 Å². The van der Waals surface area contributed by atoms with Crippen LogP contribution in [0, 0.1) is 18.6 Å². The van der Waals surface area contributed by atoms with E-state index < -0.39 is 70.9 Å². The van der Waals surface area contributed by atoms with Crippen LogP contribution in [0.3, 0.4) is 0 Å². The van der Waals surface area contributed by atoms with Gasteiger partial charge >= 0.3 is 12.2 Å². The molecule has 0 radical (unpaired) electrons. The number of anilines is 2. The molecule has 0 saturated carbocycles. The van der Waals surface area contributed by atoms with E-state index in [2.05, 4.69) is 25.9 Å². The molecule has 2 aromatic carbocycles. The molecule has 4 N–H and O–H groups in total. The Labute approximate surface area is 296 Å². The minimum Gasteiger partial charge on any atom is -0.493 e. The first kappa shape index (κ1) is 36.6. The van der Waals surface area contributed by atoms with Crippen molar-refractivity contribution < 1.29 is 55.1 Å². The van der Waals surface area contributed by atoms with Gasteiger partial charge in [0.2, 0.25) is 17.8 Å². The van der Waals surface area contributed by atoms with E-state index in [4.69, 9.17) is 9.15 Å². The highest BCUT2D eigenvalue weighted by Crippen LogP contribution is 2.39. The third kappa shape index (κ3) is 7.73. The van der Waals surface area contributed by atoms with Gasteiger partial charge in [0.15, 0.2) is 17.4 Å². The van der Waals surface area contributed by atoms with Gasteiger partial charge in [0.1, 0.15) is 23.4 Å². The number of benzene rings is 2. The molecule has 6 rings (SSSR count). The maximum absolute atomic E-state index is 14.1. The van der Waals surface area contributed by atoms with Crippen molar-refractivity contribution in [3.8, 4) is 5.75 Å². The van der Waals surface area contributed by atoms with Gasteiger partial charge in [0, 0.05) is 30.0 Å². The quantitative estimate of drug-likeness (QED) is 0.0844. The number of carbonyl (C=O) groups excluding carboxylic acids is 5. The number of hydrogen-bond donors (Lipinski definition) is 4. The summed E-state index contributed by atoms with van der Waals surface area (Å²) in [5.74, 6) is -5.08. The minimum atomic E-state index is -5.05. The number of unbranched alkanes of at least 4 members (excludes halogenated alkanes) is 2. The van der Waals surface area contributed by atoms with Crippen LogP contribution in [0.25, 0.3) is 11.0 Å². The topological polar surface area (TPSA) is 185 Å². The third-order valence-corrected chi connectivity index (χ3v) is 8.56. The fraction of sp³-hybridized carbons (Fsp3) is 0.324. The molecule has 2 aliphatic rings. The number of aryl methyl sites for hydroxylation is 1. The first-order valence-corrected chi connectivity index (χ1v) is 16.3. The molecule has 4 aromatic rings. The van der Waals surface area contributed by atoms with Crippen LogP contribution in [-0.2, 0) is 9.59 Å². The third-order valence-electron chi connectivity index (χ3n) is 8.56. The summed E-state index contributed by atoms with van der Waals surface area (Å²) >= 11 is 0. The lowest BCUT2D eigenvalue weighted by molar-refractivity contribution is -0.158. The van der Waals surface area contributed by atoms with Gasteiger partial charge in [0.05, 0.1) is 35.8 Å². The molecular formula is C34H30F5N7O7. The summed E-state index contributed by atoms with van der Waals surface area (Å²) in [7, 11) is 0. The van der Waals surface area contributed by atoms with Crippen molar-refractivity contribution in [1.29, 1.82) is 0 Å². The number of nitrogens with zero attached hydrogens (tertiary/aromatic N) is 3. The second kappa shape index (κ2) is 14.8. The number of rotatable bonds is 12. The minimum absolute atomic E-state index is 0.00732. The molecule has 1 unspecified atom stereocenters. The molecule has 53 heavy (non-hydrogen) atoms. The number of imide groups is 2. The Morgan fingerprint density at radius 1 is 1.08 bits per heavy atom. The molecule has 2 aliphatic heterocycles. The lowest BCUT2D eigenvalue weighted by Crippen LogP contribution is -2.54. The fourth-order valence-electron chi connectivity index (χ4n) is 6.01. The maximum Gasteiger partial charge on any atom is 0.416 e. The number of aromatic nitrogens is 2. The Hall–Kier alpha value is -6.14. The molecule has 0 spiro atoms. The van der Waals surface area contributed by atoms with Crippen molar-refractivity contribution >= 4 is 52.3 Å². The van der Waals surface area contributed by atoms with E-state index in [9.17, 15) is 45.9 Å². The smallest absolute Gasteiger partial charge is 0.416 e. The van der Waals surface area contributed by atoms with Gasteiger partial charge in [0.25, 0.3) is 11.8 Å². The van der Waals surface area contributed by atoms with Crippen LogP contribution < -0.4 is 26.0 Å². The number of hydrogen-bond acceptors (Lipinski definition) is 10. The van der Waals surface area contributed by atoms with Crippen LogP contribution in [0.4, 0.5) is 38.4 Å². The van der Waals surface area contributed by atoms with E-state index in [1.807, 2.05) is 0 Å². The van der Waals surface area contributed by atoms with Gasteiger partial charge < -0.3 is 25.1 Å². The van der Waals surface area contributed by atoms with E-state index in [0.29, 0.717) is 31.9 Å². The number of amides is 6. The summed E-state index contributed by atoms with van der Waals surface area (Å²) in [5.41, 5.74) is -0.627. The normalized spacial score (nSPS) is 16.4. The number of carbonyl (C=O) groups is 5. The number of halogens is 5. The summed E-state index contributed by atoms with van der Waals surface area (Å²) in [6.45, 7) is 1.84. The molecule has 278 valence electrons. The van der Waals surface area contributed by atoms with Crippen molar-refractivity contribution in [1.82, 2.24) is 25.5 Å². The summed E-state index contributed by atoms with van der Waals surface area (Å²) < 4.78 is 80.6. The van der Waals surface area contributed by atoms with Gasteiger partial charge in [-0.25, -0.2) is 23.5 Å². The average Bonchev–Trinajstić information content (AvgIpc) is 3.56. The first-order chi connectivity index (χ1) is 25.2. The molecule has 2 atom stereocenters. The number of furan rings is 1. The van der Waals surface area contributed by atoms with E-state index in [1.165, 1.54) is 25.4 Å². The standard InChI is InChI=1S/C34H30F5N7O7/c1-16-20-12-17(35)13-21(36)27(20)53-26(16)28(34(37,38)39)45-33(51)43-18-14-41-32(42-15-18)40-10-3-2-4-11-52-23-7-5-6-19-25(23)31(50)46(30(19)49)22-8-9-24(47)44-29(22)48/h5-7,12-15,22,28H,2-4,8-11H2,1H3,(H,40,41,42)(H2,43,45,51)(H,44,47,48)/t22?,28-/m1/s1. The van der Waals surface area contributed by atoms with Crippen molar-refractivity contribution in [2.45, 2.75) is 57.3 Å². The Morgan fingerprint density at radius 3 is 2.55 bits per heavy atom. The summed E-state index contributed by atoms with van der Waals surface area (Å²) in [5, 5.41) is 8.87. The SMILES string of the molecule is Cc1c([C@@H](NC(=O)Nc2cnc(NCCCCCOc3cccc4c3C(=O)N(C3CCC(=O)NC3=O)C4=O)nc2)C(F)(F)F)oc2c(F)cc(F)cc12. The molecule has 0 bridgehead atoms. The van der Waals surface area contributed by atoms with Crippen molar-refractivity contribution in [2.24, 2.45) is 0 Å². The monoisotopic (exact) mass is 743 g/mol. The zero-order valence-electron chi connectivity index (χ0n) is 27.7. The number of ether oxygens (including phenoxy) is 1. The van der Waals surface area contributed by atoms with E-state index >= 15 is 0 Å². The molecule has 19 heteroatoms. The van der Waals surface area contributed by atoms with E-state index in [1.54, 1.807) is 17.4 Å². The molecule has 0 aliphatic carbocycles. The second-order valence-electron chi connectivity index (χ2n) is 12.2. The summed E-state index contributed by atoms with van der Waals surface area (Å²) in [6, 6.07) is 0.860.